The van der Waals surface area contributed by atoms with Crippen LogP contribution in [0, 0.1) is 0 Å². The Bertz CT molecular complexity index is 975. The lowest BCUT2D eigenvalue weighted by molar-refractivity contribution is 1.000. The van der Waals surface area contributed by atoms with Gasteiger partial charge in [-0.2, -0.15) is 0 Å². The van der Waals surface area contributed by atoms with Gasteiger partial charge >= 0.3 is 0 Å². The third kappa shape index (κ3) is 3.63. The molecule has 0 aliphatic heterocycles. The van der Waals surface area contributed by atoms with Gasteiger partial charge in [-0.05, 0) is 52.9 Å². The van der Waals surface area contributed by atoms with Crippen molar-refractivity contribution in [3.05, 3.63) is 94.9 Å². The summed E-state index contributed by atoms with van der Waals surface area (Å²) in [6.07, 6.45) is 0. The van der Waals surface area contributed by atoms with E-state index in [4.69, 9.17) is 0 Å². The van der Waals surface area contributed by atoms with E-state index >= 15 is 0 Å². The van der Waals surface area contributed by atoms with E-state index in [9.17, 15) is 0 Å². The molecule has 28 heavy (non-hydrogen) atoms. The Kier molecular flexibility index (Phi) is 5.10. The van der Waals surface area contributed by atoms with Gasteiger partial charge in [0.05, 0.1) is 0 Å². The van der Waals surface area contributed by atoms with E-state index in [1.54, 1.807) is 0 Å². The van der Waals surface area contributed by atoms with Crippen LogP contribution in [0.5, 0.6) is 0 Å². The van der Waals surface area contributed by atoms with Crippen molar-refractivity contribution >= 4 is 32.8 Å². The minimum absolute atomic E-state index is 0.241. The second-order valence-electron chi connectivity index (χ2n) is 7.59. The smallest absolute Gasteiger partial charge is 0.0434 e. The van der Waals surface area contributed by atoms with Crippen LogP contribution in [0.25, 0.3) is 10.1 Å². The van der Waals surface area contributed by atoms with Crippen LogP contribution >= 0.6 is 11.3 Å². The fourth-order valence-corrected chi connectivity index (χ4v) is 4.82. The first-order chi connectivity index (χ1) is 13.5. The van der Waals surface area contributed by atoms with Crippen molar-refractivity contribution in [2.45, 2.75) is 5.92 Å². The molecule has 4 rings (SSSR count). The predicted molar refractivity (Wildman–Crippen MR) is 124 cm³/mol. The first-order valence-corrected chi connectivity index (χ1v) is 10.4. The summed E-state index contributed by atoms with van der Waals surface area (Å²) in [4.78, 5) is 5.67. The van der Waals surface area contributed by atoms with Crippen LogP contribution in [0.1, 0.15) is 21.9 Å². The number of benzene rings is 3. The van der Waals surface area contributed by atoms with E-state index in [2.05, 4.69) is 117 Å². The summed E-state index contributed by atoms with van der Waals surface area (Å²) < 4.78 is 1.34. The van der Waals surface area contributed by atoms with Crippen molar-refractivity contribution < 1.29 is 0 Å². The molecule has 2 nitrogen and oxygen atoms in total. The quantitative estimate of drug-likeness (QED) is 0.402. The monoisotopic (exact) mass is 386 g/mol. The Labute approximate surface area is 171 Å². The van der Waals surface area contributed by atoms with Crippen LogP contribution in [-0.2, 0) is 0 Å². The molecular formula is C25H26N2S. The number of anilines is 2. The largest absolute Gasteiger partial charge is 0.378 e. The second-order valence-corrected chi connectivity index (χ2v) is 8.71. The fourth-order valence-electron chi connectivity index (χ4n) is 3.60. The average Bonchev–Trinajstić information content (AvgIpc) is 3.12. The third-order valence-electron chi connectivity index (χ3n) is 5.21. The van der Waals surface area contributed by atoms with Crippen molar-refractivity contribution in [1.29, 1.82) is 0 Å². The van der Waals surface area contributed by atoms with Gasteiger partial charge in [-0.25, -0.2) is 0 Å². The zero-order valence-electron chi connectivity index (χ0n) is 16.9. The van der Waals surface area contributed by atoms with Gasteiger partial charge in [-0.3, -0.25) is 0 Å². The molecule has 1 heterocycles. The standard InChI is InChI=1S/C25H26N2S/c1-26(2)21-13-9-18(10-14-21)25(19-11-15-22(16-12-19)27(3)4)24-17-20-7-5-6-8-23(20)28-24/h5-17,25H,1-4H3. The summed E-state index contributed by atoms with van der Waals surface area (Å²) in [5.74, 6) is 0.241. The molecule has 142 valence electrons. The molecule has 0 radical (unpaired) electrons. The van der Waals surface area contributed by atoms with Crippen LogP contribution in [-0.4, -0.2) is 28.2 Å². The summed E-state index contributed by atoms with van der Waals surface area (Å²) in [6.45, 7) is 0. The Morgan fingerprint density at radius 1 is 0.643 bits per heavy atom. The molecule has 0 aliphatic rings. The molecule has 0 spiro atoms. The summed E-state index contributed by atoms with van der Waals surface area (Å²) >= 11 is 1.90. The van der Waals surface area contributed by atoms with Crippen LogP contribution in [0.2, 0.25) is 0 Å². The van der Waals surface area contributed by atoms with Gasteiger partial charge in [0.15, 0.2) is 0 Å². The highest BCUT2D eigenvalue weighted by atomic mass is 32.1. The minimum Gasteiger partial charge on any atom is -0.378 e. The molecule has 1 aromatic heterocycles. The fraction of sp³-hybridized carbons (Fsp3) is 0.200. The van der Waals surface area contributed by atoms with Crippen LogP contribution in [0.4, 0.5) is 11.4 Å². The van der Waals surface area contributed by atoms with E-state index in [0.29, 0.717) is 0 Å². The number of rotatable bonds is 5. The molecule has 3 aromatic carbocycles. The van der Waals surface area contributed by atoms with Gasteiger partial charge in [0.2, 0.25) is 0 Å². The summed E-state index contributed by atoms with van der Waals surface area (Å²) in [7, 11) is 8.33. The van der Waals surface area contributed by atoms with Crippen molar-refractivity contribution in [3.63, 3.8) is 0 Å². The van der Waals surface area contributed by atoms with Gasteiger partial charge in [0.25, 0.3) is 0 Å². The molecule has 0 amide bonds. The lowest BCUT2D eigenvalue weighted by Crippen LogP contribution is -2.10. The van der Waals surface area contributed by atoms with Crippen molar-refractivity contribution in [1.82, 2.24) is 0 Å². The topological polar surface area (TPSA) is 6.48 Å². The second kappa shape index (κ2) is 7.69. The Morgan fingerprint density at radius 2 is 1.14 bits per heavy atom. The highest BCUT2D eigenvalue weighted by Gasteiger charge is 2.19. The molecule has 0 saturated heterocycles. The van der Waals surface area contributed by atoms with E-state index in [-0.39, 0.29) is 5.92 Å². The van der Waals surface area contributed by atoms with Crippen LogP contribution in [0.15, 0.2) is 78.9 Å². The number of hydrogen-bond acceptors (Lipinski definition) is 3. The minimum atomic E-state index is 0.241. The number of hydrogen-bond donors (Lipinski definition) is 0. The molecular weight excluding hydrogens is 360 g/mol. The van der Waals surface area contributed by atoms with Gasteiger partial charge in [0.1, 0.15) is 0 Å². The van der Waals surface area contributed by atoms with Crippen molar-refractivity contribution in [2.75, 3.05) is 38.0 Å². The van der Waals surface area contributed by atoms with Gasteiger partial charge in [-0.15, -0.1) is 11.3 Å². The predicted octanol–water partition coefficient (Wildman–Crippen LogP) is 6.21. The summed E-state index contributed by atoms with van der Waals surface area (Å²) in [5, 5.41) is 1.32. The first-order valence-electron chi connectivity index (χ1n) is 9.56. The van der Waals surface area contributed by atoms with E-state index in [1.165, 1.54) is 37.5 Å². The molecule has 0 fully saturated rings. The molecule has 0 aliphatic carbocycles. The summed E-state index contributed by atoms with van der Waals surface area (Å²) in [5.41, 5.74) is 5.10. The van der Waals surface area contributed by atoms with E-state index in [1.807, 2.05) is 11.3 Å². The highest BCUT2D eigenvalue weighted by molar-refractivity contribution is 7.19. The van der Waals surface area contributed by atoms with Crippen LogP contribution in [0.3, 0.4) is 0 Å². The van der Waals surface area contributed by atoms with E-state index in [0.717, 1.165) is 0 Å². The Balaban J connectivity index is 1.82. The molecule has 3 heteroatoms. The lowest BCUT2D eigenvalue weighted by Gasteiger charge is -2.20. The van der Waals surface area contributed by atoms with E-state index < -0.39 is 0 Å². The Hall–Kier alpha value is -2.78. The number of thiophene rings is 1. The molecule has 4 aromatic rings. The zero-order chi connectivity index (χ0) is 19.7. The highest BCUT2D eigenvalue weighted by Crippen LogP contribution is 2.39. The van der Waals surface area contributed by atoms with Crippen LogP contribution < -0.4 is 9.80 Å². The average molecular weight is 387 g/mol. The molecule has 0 atom stereocenters. The molecule has 0 N–H and O–H groups in total. The third-order valence-corrected chi connectivity index (χ3v) is 6.40. The molecule has 0 unspecified atom stereocenters. The van der Waals surface area contributed by atoms with Crippen molar-refractivity contribution in [3.8, 4) is 0 Å². The maximum Gasteiger partial charge on any atom is 0.0434 e. The van der Waals surface area contributed by atoms with Gasteiger partial charge in [-0.1, -0.05) is 42.5 Å². The van der Waals surface area contributed by atoms with Gasteiger partial charge in [0, 0.05) is 55.1 Å². The van der Waals surface area contributed by atoms with Crippen molar-refractivity contribution in [2.24, 2.45) is 0 Å². The zero-order valence-corrected chi connectivity index (χ0v) is 17.7. The van der Waals surface area contributed by atoms with Gasteiger partial charge < -0.3 is 9.80 Å². The maximum absolute atomic E-state index is 2.35. The Morgan fingerprint density at radius 3 is 1.61 bits per heavy atom. The first kappa shape index (κ1) is 18.6. The lowest BCUT2D eigenvalue weighted by atomic mass is 9.89. The SMILES string of the molecule is CN(C)c1ccc(C(c2ccc(N(C)C)cc2)c2cc3ccccc3s2)cc1. The molecule has 0 bridgehead atoms. The summed E-state index contributed by atoms with van der Waals surface area (Å²) in [6, 6.07) is 28.9. The number of nitrogens with zero attached hydrogens (tertiary/aromatic N) is 2. The number of fused-ring (bicyclic) bond motifs is 1. The maximum atomic E-state index is 2.35. The normalized spacial score (nSPS) is 11.2. The molecule has 0 saturated carbocycles.